The first kappa shape index (κ1) is 18.2. The summed E-state index contributed by atoms with van der Waals surface area (Å²) >= 11 is 0. The molecule has 0 aliphatic heterocycles. The summed E-state index contributed by atoms with van der Waals surface area (Å²) in [6.45, 7) is 9.58. The number of benzene rings is 1. The quantitative estimate of drug-likeness (QED) is 0.627. The van der Waals surface area contributed by atoms with Crippen molar-refractivity contribution in [2.24, 2.45) is 5.41 Å². The third-order valence-corrected chi connectivity index (χ3v) is 3.39. The molecule has 0 heterocycles. The van der Waals surface area contributed by atoms with Gasteiger partial charge in [-0.05, 0) is 53.0 Å². The standard InChI is InChI=1S/C18H28N2O2/c1-17(2,3)20-16(22)18(4,5)15(21)19-13-9-12-14-10-7-6-8-11-14/h6-8,10-11H,9,12-13H2,1-5H3,(H,19,21)(H,20,22). The van der Waals surface area contributed by atoms with E-state index >= 15 is 0 Å². The zero-order chi connectivity index (χ0) is 16.8. The predicted molar refractivity (Wildman–Crippen MR) is 89.4 cm³/mol. The zero-order valence-corrected chi connectivity index (χ0v) is 14.3. The third kappa shape index (κ3) is 5.88. The van der Waals surface area contributed by atoms with Gasteiger partial charge in [0.15, 0.2) is 0 Å². The fraction of sp³-hybridized carbons (Fsp3) is 0.556. The number of nitrogens with one attached hydrogen (secondary N) is 2. The van der Waals surface area contributed by atoms with Gasteiger partial charge in [-0.3, -0.25) is 9.59 Å². The molecule has 0 atom stereocenters. The second-order valence-corrected chi connectivity index (χ2v) is 7.17. The van der Waals surface area contributed by atoms with Gasteiger partial charge in [-0.15, -0.1) is 0 Å². The van der Waals surface area contributed by atoms with Crippen LogP contribution < -0.4 is 10.6 Å². The second-order valence-electron chi connectivity index (χ2n) is 7.17. The minimum atomic E-state index is -1.07. The van der Waals surface area contributed by atoms with Crippen LogP contribution in [-0.4, -0.2) is 23.9 Å². The van der Waals surface area contributed by atoms with Gasteiger partial charge in [-0.25, -0.2) is 0 Å². The number of carbonyl (C=O) groups is 2. The Labute approximate surface area is 133 Å². The van der Waals surface area contributed by atoms with Crippen molar-refractivity contribution in [1.82, 2.24) is 10.6 Å². The van der Waals surface area contributed by atoms with Crippen molar-refractivity contribution in [2.75, 3.05) is 6.54 Å². The molecule has 0 aliphatic rings. The number of aryl methyl sites for hydroxylation is 1. The Hall–Kier alpha value is -1.84. The van der Waals surface area contributed by atoms with Crippen LogP contribution in [0.25, 0.3) is 0 Å². The SMILES string of the molecule is CC(C)(C)NC(=O)C(C)(C)C(=O)NCCCc1ccccc1. The highest BCUT2D eigenvalue weighted by Crippen LogP contribution is 2.17. The summed E-state index contributed by atoms with van der Waals surface area (Å²) in [6, 6.07) is 10.1. The van der Waals surface area contributed by atoms with Crippen LogP contribution in [0.1, 0.15) is 46.6 Å². The Morgan fingerprint density at radius 3 is 2.09 bits per heavy atom. The molecule has 0 saturated heterocycles. The van der Waals surface area contributed by atoms with Crippen molar-refractivity contribution < 1.29 is 9.59 Å². The Bertz CT molecular complexity index is 502. The molecular formula is C18H28N2O2. The van der Waals surface area contributed by atoms with Gasteiger partial charge in [0.1, 0.15) is 5.41 Å². The van der Waals surface area contributed by atoms with E-state index in [9.17, 15) is 9.59 Å². The fourth-order valence-corrected chi connectivity index (χ4v) is 1.96. The topological polar surface area (TPSA) is 58.2 Å². The molecule has 122 valence electrons. The molecule has 1 aromatic rings. The van der Waals surface area contributed by atoms with E-state index in [1.165, 1.54) is 5.56 Å². The lowest BCUT2D eigenvalue weighted by atomic mass is 9.89. The molecule has 1 aromatic carbocycles. The van der Waals surface area contributed by atoms with Crippen molar-refractivity contribution >= 4 is 11.8 Å². The molecule has 1 rings (SSSR count). The summed E-state index contributed by atoms with van der Waals surface area (Å²) in [7, 11) is 0. The van der Waals surface area contributed by atoms with Crippen LogP contribution in [0.5, 0.6) is 0 Å². The van der Waals surface area contributed by atoms with Gasteiger partial charge in [0.2, 0.25) is 11.8 Å². The largest absolute Gasteiger partial charge is 0.355 e. The Morgan fingerprint density at radius 1 is 0.955 bits per heavy atom. The van der Waals surface area contributed by atoms with Crippen LogP contribution in [0, 0.1) is 5.41 Å². The van der Waals surface area contributed by atoms with Crippen molar-refractivity contribution in [3.8, 4) is 0 Å². The zero-order valence-electron chi connectivity index (χ0n) is 14.3. The summed E-state index contributed by atoms with van der Waals surface area (Å²) < 4.78 is 0. The molecular weight excluding hydrogens is 276 g/mol. The molecule has 4 heteroatoms. The number of amides is 2. The van der Waals surface area contributed by atoms with Crippen LogP contribution >= 0.6 is 0 Å². The van der Waals surface area contributed by atoms with E-state index in [2.05, 4.69) is 22.8 Å². The highest BCUT2D eigenvalue weighted by Gasteiger charge is 2.37. The Morgan fingerprint density at radius 2 is 1.55 bits per heavy atom. The minimum Gasteiger partial charge on any atom is -0.355 e. The summed E-state index contributed by atoms with van der Waals surface area (Å²) in [6.07, 6.45) is 1.77. The van der Waals surface area contributed by atoms with E-state index in [-0.39, 0.29) is 17.4 Å². The molecule has 0 fully saturated rings. The van der Waals surface area contributed by atoms with Gasteiger partial charge in [-0.1, -0.05) is 30.3 Å². The van der Waals surface area contributed by atoms with Crippen LogP contribution in [0.4, 0.5) is 0 Å². The first-order valence-corrected chi connectivity index (χ1v) is 7.78. The molecule has 0 saturated carbocycles. The lowest BCUT2D eigenvalue weighted by molar-refractivity contribution is -0.142. The lowest BCUT2D eigenvalue weighted by Gasteiger charge is -2.28. The average Bonchev–Trinajstić information content (AvgIpc) is 2.42. The molecule has 0 aromatic heterocycles. The van der Waals surface area contributed by atoms with Crippen LogP contribution in [0.2, 0.25) is 0 Å². The molecule has 22 heavy (non-hydrogen) atoms. The maximum absolute atomic E-state index is 12.2. The summed E-state index contributed by atoms with van der Waals surface area (Å²) in [5, 5.41) is 5.72. The van der Waals surface area contributed by atoms with Gasteiger partial charge in [0, 0.05) is 12.1 Å². The van der Waals surface area contributed by atoms with Crippen molar-refractivity contribution in [2.45, 2.75) is 53.0 Å². The van der Waals surface area contributed by atoms with Crippen molar-refractivity contribution in [1.29, 1.82) is 0 Å². The lowest BCUT2D eigenvalue weighted by Crippen LogP contribution is -2.53. The number of hydrogen-bond acceptors (Lipinski definition) is 2. The van der Waals surface area contributed by atoms with E-state index in [0.29, 0.717) is 6.54 Å². The van der Waals surface area contributed by atoms with E-state index in [1.807, 2.05) is 39.0 Å². The van der Waals surface area contributed by atoms with E-state index in [1.54, 1.807) is 13.8 Å². The molecule has 4 nitrogen and oxygen atoms in total. The third-order valence-electron chi connectivity index (χ3n) is 3.39. The molecule has 0 unspecified atom stereocenters. The maximum Gasteiger partial charge on any atom is 0.235 e. The fourth-order valence-electron chi connectivity index (χ4n) is 1.96. The highest BCUT2D eigenvalue weighted by atomic mass is 16.2. The highest BCUT2D eigenvalue weighted by molar-refractivity contribution is 6.04. The van der Waals surface area contributed by atoms with Crippen molar-refractivity contribution in [3.63, 3.8) is 0 Å². The van der Waals surface area contributed by atoms with E-state index < -0.39 is 5.41 Å². The van der Waals surface area contributed by atoms with Gasteiger partial charge < -0.3 is 10.6 Å². The molecule has 0 spiro atoms. The number of carbonyl (C=O) groups excluding carboxylic acids is 2. The summed E-state index contributed by atoms with van der Waals surface area (Å²) in [5.74, 6) is -0.483. The average molecular weight is 304 g/mol. The molecule has 0 aliphatic carbocycles. The first-order chi connectivity index (χ1) is 10.1. The van der Waals surface area contributed by atoms with Crippen LogP contribution in [0.3, 0.4) is 0 Å². The van der Waals surface area contributed by atoms with Gasteiger partial charge in [0.05, 0.1) is 0 Å². The van der Waals surface area contributed by atoms with Gasteiger partial charge in [-0.2, -0.15) is 0 Å². The van der Waals surface area contributed by atoms with Crippen molar-refractivity contribution in [3.05, 3.63) is 35.9 Å². The first-order valence-electron chi connectivity index (χ1n) is 7.78. The van der Waals surface area contributed by atoms with E-state index in [0.717, 1.165) is 12.8 Å². The number of rotatable bonds is 6. The van der Waals surface area contributed by atoms with Crippen LogP contribution in [0.15, 0.2) is 30.3 Å². The van der Waals surface area contributed by atoms with Gasteiger partial charge in [0.25, 0.3) is 0 Å². The molecule has 0 bridgehead atoms. The van der Waals surface area contributed by atoms with E-state index in [4.69, 9.17) is 0 Å². The Kier molecular flexibility index (Phi) is 6.15. The molecule has 2 N–H and O–H groups in total. The Balaban J connectivity index is 2.41. The number of hydrogen-bond donors (Lipinski definition) is 2. The maximum atomic E-state index is 12.2. The summed E-state index contributed by atoms with van der Waals surface area (Å²) in [4.78, 5) is 24.4. The second kappa shape index (κ2) is 7.43. The predicted octanol–water partition coefficient (Wildman–Crippen LogP) is 2.68. The molecule has 2 amide bonds. The van der Waals surface area contributed by atoms with Gasteiger partial charge >= 0.3 is 0 Å². The normalized spacial score (nSPS) is 11.9. The van der Waals surface area contributed by atoms with Crippen LogP contribution in [-0.2, 0) is 16.0 Å². The summed E-state index contributed by atoms with van der Waals surface area (Å²) in [5.41, 5.74) is -0.163. The molecule has 0 radical (unpaired) electrons. The smallest absolute Gasteiger partial charge is 0.235 e. The minimum absolute atomic E-state index is 0.234. The monoisotopic (exact) mass is 304 g/mol.